The molecule has 1 heterocycles. The topological polar surface area (TPSA) is 25.8 Å². The number of aromatic nitrogens is 2. The van der Waals surface area contributed by atoms with Crippen LogP contribution in [0.15, 0.2) is 12.3 Å². The smallest absolute Gasteiger partial charge is 0.139 e. The van der Waals surface area contributed by atoms with E-state index in [0.29, 0.717) is 5.15 Å². The van der Waals surface area contributed by atoms with Gasteiger partial charge >= 0.3 is 0 Å². The molecule has 0 atom stereocenters. The van der Waals surface area contributed by atoms with Crippen LogP contribution < -0.4 is 0 Å². The van der Waals surface area contributed by atoms with Crippen molar-refractivity contribution in [1.29, 1.82) is 0 Å². The van der Waals surface area contributed by atoms with E-state index >= 15 is 0 Å². The summed E-state index contributed by atoms with van der Waals surface area (Å²) in [6.45, 7) is 0. The summed E-state index contributed by atoms with van der Waals surface area (Å²) in [5, 5.41) is 1.35. The standard InChI is InChI=1S/C11H15ClN2S/c12-10-6-7-13-11(14-10)8-15-9-4-2-1-3-5-9/h6-7,9H,1-5,8H2. The zero-order valence-electron chi connectivity index (χ0n) is 8.66. The molecule has 1 saturated carbocycles. The van der Waals surface area contributed by atoms with Gasteiger partial charge < -0.3 is 0 Å². The van der Waals surface area contributed by atoms with Crippen molar-refractivity contribution in [3.8, 4) is 0 Å². The van der Waals surface area contributed by atoms with Crippen LogP contribution in [0.4, 0.5) is 0 Å². The molecule has 2 rings (SSSR count). The van der Waals surface area contributed by atoms with Crippen molar-refractivity contribution in [3.05, 3.63) is 23.2 Å². The predicted molar refractivity (Wildman–Crippen MR) is 65.2 cm³/mol. The van der Waals surface area contributed by atoms with E-state index in [-0.39, 0.29) is 0 Å². The van der Waals surface area contributed by atoms with Gasteiger partial charge in [0.15, 0.2) is 0 Å². The molecule has 0 aliphatic heterocycles. The molecule has 0 radical (unpaired) electrons. The van der Waals surface area contributed by atoms with E-state index in [2.05, 4.69) is 9.97 Å². The summed E-state index contributed by atoms with van der Waals surface area (Å²) in [6, 6.07) is 1.72. The molecule has 1 aromatic heterocycles. The van der Waals surface area contributed by atoms with Gasteiger partial charge in [0.25, 0.3) is 0 Å². The Kier molecular flexibility index (Phi) is 4.27. The molecule has 0 unspecified atom stereocenters. The quantitative estimate of drug-likeness (QED) is 0.756. The summed E-state index contributed by atoms with van der Waals surface area (Å²) < 4.78 is 0. The summed E-state index contributed by atoms with van der Waals surface area (Å²) in [7, 11) is 0. The number of thioether (sulfide) groups is 1. The molecular formula is C11H15ClN2S. The molecule has 0 saturated heterocycles. The van der Waals surface area contributed by atoms with Crippen LogP contribution in [-0.4, -0.2) is 15.2 Å². The second-order valence-corrected chi connectivity index (χ2v) is 5.54. The lowest BCUT2D eigenvalue weighted by Crippen LogP contribution is -2.08. The van der Waals surface area contributed by atoms with Gasteiger partial charge in [-0.2, -0.15) is 11.8 Å². The van der Waals surface area contributed by atoms with E-state index in [1.54, 1.807) is 12.3 Å². The molecule has 82 valence electrons. The van der Waals surface area contributed by atoms with Crippen LogP contribution >= 0.6 is 23.4 Å². The fraction of sp³-hybridized carbons (Fsp3) is 0.636. The Balaban J connectivity index is 1.81. The van der Waals surface area contributed by atoms with Crippen molar-refractivity contribution in [2.45, 2.75) is 43.1 Å². The Hall–Kier alpha value is -0.280. The van der Waals surface area contributed by atoms with Crippen LogP contribution in [-0.2, 0) is 5.75 Å². The minimum Gasteiger partial charge on any atom is -0.240 e. The van der Waals surface area contributed by atoms with Crippen LogP contribution in [0, 0.1) is 0 Å². The fourth-order valence-corrected chi connectivity index (χ4v) is 3.21. The number of nitrogens with zero attached hydrogens (tertiary/aromatic N) is 2. The molecule has 0 aromatic carbocycles. The van der Waals surface area contributed by atoms with E-state index < -0.39 is 0 Å². The molecule has 1 aliphatic carbocycles. The zero-order valence-corrected chi connectivity index (χ0v) is 10.2. The molecule has 0 N–H and O–H groups in total. The maximum absolute atomic E-state index is 5.81. The molecule has 1 aliphatic rings. The SMILES string of the molecule is Clc1ccnc(CSC2CCCCC2)n1. The molecular weight excluding hydrogens is 228 g/mol. The first kappa shape index (κ1) is 11.2. The number of rotatable bonds is 3. The van der Waals surface area contributed by atoms with E-state index in [1.165, 1.54) is 32.1 Å². The molecule has 15 heavy (non-hydrogen) atoms. The molecule has 1 fully saturated rings. The lowest BCUT2D eigenvalue weighted by Gasteiger charge is -2.20. The van der Waals surface area contributed by atoms with E-state index in [1.807, 2.05) is 11.8 Å². The van der Waals surface area contributed by atoms with Crippen molar-refractivity contribution in [1.82, 2.24) is 9.97 Å². The van der Waals surface area contributed by atoms with Crippen molar-refractivity contribution < 1.29 is 0 Å². The van der Waals surface area contributed by atoms with Crippen LogP contribution in [0.25, 0.3) is 0 Å². The zero-order chi connectivity index (χ0) is 10.5. The van der Waals surface area contributed by atoms with Gasteiger partial charge in [-0.1, -0.05) is 30.9 Å². The van der Waals surface area contributed by atoms with E-state index in [0.717, 1.165) is 16.8 Å². The van der Waals surface area contributed by atoms with Crippen molar-refractivity contribution in [2.24, 2.45) is 0 Å². The molecule has 1 aromatic rings. The highest BCUT2D eigenvalue weighted by atomic mass is 35.5. The summed E-state index contributed by atoms with van der Waals surface area (Å²) in [5.74, 6) is 1.75. The van der Waals surface area contributed by atoms with Gasteiger partial charge in [-0.25, -0.2) is 9.97 Å². The van der Waals surface area contributed by atoms with Gasteiger partial charge in [-0.15, -0.1) is 0 Å². The van der Waals surface area contributed by atoms with E-state index in [4.69, 9.17) is 11.6 Å². The monoisotopic (exact) mass is 242 g/mol. The number of halogens is 1. The highest BCUT2D eigenvalue weighted by molar-refractivity contribution is 7.99. The summed E-state index contributed by atoms with van der Waals surface area (Å²) in [6.07, 6.45) is 8.61. The Morgan fingerprint density at radius 3 is 2.87 bits per heavy atom. The van der Waals surface area contributed by atoms with Gasteiger partial charge in [0.2, 0.25) is 0 Å². The van der Waals surface area contributed by atoms with Crippen LogP contribution in [0.2, 0.25) is 5.15 Å². The first-order chi connectivity index (χ1) is 7.34. The second kappa shape index (κ2) is 5.71. The Morgan fingerprint density at radius 2 is 2.13 bits per heavy atom. The average molecular weight is 243 g/mol. The third-order valence-electron chi connectivity index (χ3n) is 2.67. The third-order valence-corrected chi connectivity index (χ3v) is 4.25. The highest BCUT2D eigenvalue weighted by Gasteiger charge is 2.14. The first-order valence-electron chi connectivity index (χ1n) is 5.43. The molecule has 0 spiro atoms. The maximum atomic E-state index is 5.81. The molecule has 0 bridgehead atoms. The first-order valence-corrected chi connectivity index (χ1v) is 6.86. The third kappa shape index (κ3) is 3.65. The Bertz CT molecular complexity index is 313. The summed E-state index contributed by atoms with van der Waals surface area (Å²) in [5.41, 5.74) is 0. The average Bonchev–Trinajstić information content (AvgIpc) is 2.28. The minimum atomic E-state index is 0.546. The largest absolute Gasteiger partial charge is 0.240 e. The van der Waals surface area contributed by atoms with Crippen molar-refractivity contribution in [3.63, 3.8) is 0 Å². The Morgan fingerprint density at radius 1 is 1.33 bits per heavy atom. The second-order valence-electron chi connectivity index (χ2n) is 3.87. The van der Waals surface area contributed by atoms with Crippen molar-refractivity contribution in [2.75, 3.05) is 0 Å². The fourth-order valence-electron chi connectivity index (χ4n) is 1.87. The Labute approximate surface area is 99.8 Å². The van der Waals surface area contributed by atoms with Crippen LogP contribution in [0.5, 0.6) is 0 Å². The van der Waals surface area contributed by atoms with Crippen molar-refractivity contribution >= 4 is 23.4 Å². The lowest BCUT2D eigenvalue weighted by molar-refractivity contribution is 0.516. The van der Waals surface area contributed by atoms with Gasteiger partial charge in [0.1, 0.15) is 11.0 Å². The number of hydrogen-bond acceptors (Lipinski definition) is 3. The van der Waals surface area contributed by atoms with Gasteiger partial charge in [0, 0.05) is 11.4 Å². The van der Waals surface area contributed by atoms with Gasteiger partial charge in [-0.05, 0) is 18.9 Å². The summed E-state index contributed by atoms with van der Waals surface area (Å²) in [4.78, 5) is 8.40. The van der Waals surface area contributed by atoms with Crippen LogP contribution in [0.1, 0.15) is 37.9 Å². The van der Waals surface area contributed by atoms with Crippen LogP contribution in [0.3, 0.4) is 0 Å². The lowest BCUT2D eigenvalue weighted by atomic mass is 10.0. The van der Waals surface area contributed by atoms with E-state index in [9.17, 15) is 0 Å². The highest BCUT2D eigenvalue weighted by Crippen LogP contribution is 2.29. The number of hydrogen-bond donors (Lipinski definition) is 0. The summed E-state index contributed by atoms with van der Waals surface area (Å²) >= 11 is 7.78. The molecule has 2 nitrogen and oxygen atoms in total. The normalized spacial score (nSPS) is 17.9. The van der Waals surface area contributed by atoms with Gasteiger partial charge in [0.05, 0.1) is 5.75 Å². The predicted octanol–water partition coefficient (Wildman–Crippen LogP) is 3.70. The molecule has 4 heteroatoms. The maximum Gasteiger partial charge on any atom is 0.139 e. The van der Waals surface area contributed by atoms with Gasteiger partial charge in [-0.3, -0.25) is 0 Å². The molecule has 0 amide bonds. The minimum absolute atomic E-state index is 0.546.